The molecule has 1 heteroatoms. The predicted octanol–water partition coefficient (Wildman–Crippen LogP) is 8.66. The van der Waals surface area contributed by atoms with Crippen molar-refractivity contribution in [2.24, 2.45) is 0 Å². The van der Waals surface area contributed by atoms with E-state index in [0.717, 1.165) is 5.88 Å². The van der Waals surface area contributed by atoms with Gasteiger partial charge in [0.25, 0.3) is 0 Å². The topological polar surface area (TPSA) is 0 Å². The Bertz CT molecular complexity index is 159. The second kappa shape index (κ2) is 21.3. The molecule has 0 amide bonds. The van der Waals surface area contributed by atoms with Crippen LogP contribution in [0.5, 0.6) is 0 Å². The molecule has 0 heterocycles. The molecule has 0 aromatic carbocycles. The van der Waals surface area contributed by atoms with Crippen molar-refractivity contribution < 1.29 is 0 Å². The third-order valence-electron chi connectivity index (χ3n) is 4.74. The van der Waals surface area contributed by atoms with Crippen LogP contribution in [-0.2, 0) is 0 Å². The smallest absolute Gasteiger partial charge is 0.0223 e. The average molecular weight is 331 g/mol. The summed E-state index contributed by atoms with van der Waals surface area (Å²) in [5.74, 6) is 0.846. The number of hydrogen-bond donors (Lipinski definition) is 0. The molecule has 0 unspecified atom stereocenters. The van der Waals surface area contributed by atoms with Gasteiger partial charge in [0.05, 0.1) is 0 Å². The fraction of sp³-hybridized carbons (Fsp3) is 1.00. The molecule has 0 rings (SSSR count). The van der Waals surface area contributed by atoms with Gasteiger partial charge < -0.3 is 0 Å². The van der Waals surface area contributed by atoms with Crippen molar-refractivity contribution in [2.45, 2.75) is 129 Å². The molecule has 134 valence electrons. The van der Waals surface area contributed by atoms with Crippen LogP contribution in [0, 0.1) is 0 Å². The van der Waals surface area contributed by atoms with E-state index in [1.54, 1.807) is 0 Å². The van der Waals surface area contributed by atoms with Gasteiger partial charge in [0.15, 0.2) is 0 Å². The molecule has 0 bridgehead atoms. The summed E-state index contributed by atoms with van der Waals surface area (Å²) in [6.07, 6.45) is 27.3. The summed E-state index contributed by atoms with van der Waals surface area (Å²) < 4.78 is 0. The van der Waals surface area contributed by atoms with Crippen LogP contribution >= 0.6 is 11.6 Å². The third-order valence-corrected chi connectivity index (χ3v) is 5.00. The number of unbranched alkanes of at least 4 members (excludes halogenated alkanes) is 18. The van der Waals surface area contributed by atoms with Crippen LogP contribution in [-0.4, -0.2) is 5.88 Å². The van der Waals surface area contributed by atoms with E-state index in [4.69, 9.17) is 11.6 Å². The van der Waals surface area contributed by atoms with Gasteiger partial charge in [-0.05, 0) is 6.42 Å². The Labute approximate surface area is 146 Å². The molecule has 0 aromatic heterocycles. The molecule has 0 aromatic rings. The first-order valence-corrected chi connectivity index (χ1v) is 11.0. The van der Waals surface area contributed by atoms with E-state index in [2.05, 4.69) is 6.92 Å². The number of rotatable bonds is 19. The van der Waals surface area contributed by atoms with Crippen LogP contribution in [0.1, 0.15) is 129 Å². The van der Waals surface area contributed by atoms with E-state index in [-0.39, 0.29) is 0 Å². The summed E-state index contributed by atoms with van der Waals surface area (Å²) in [6, 6.07) is 0. The SMILES string of the molecule is CCCCCCCCCCCCCCCCCCCCCCl. The van der Waals surface area contributed by atoms with Crippen molar-refractivity contribution in [3.8, 4) is 0 Å². The van der Waals surface area contributed by atoms with Crippen molar-refractivity contribution in [1.29, 1.82) is 0 Å². The molecule has 0 saturated carbocycles. The third kappa shape index (κ3) is 20.3. The van der Waals surface area contributed by atoms with Gasteiger partial charge in [-0.15, -0.1) is 11.6 Å². The van der Waals surface area contributed by atoms with E-state index in [0.29, 0.717) is 0 Å². The summed E-state index contributed by atoms with van der Waals surface area (Å²) in [4.78, 5) is 0. The van der Waals surface area contributed by atoms with Gasteiger partial charge in [-0.25, -0.2) is 0 Å². The Hall–Kier alpha value is 0.290. The minimum absolute atomic E-state index is 0.846. The van der Waals surface area contributed by atoms with Crippen molar-refractivity contribution >= 4 is 11.6 Å². The van der Waals surface area contributed by atoms with Crippen LogP contribution in [0.2, 0.25) is 0 Å². The minimum Gasteiger partial charge on any atom is -0.127 e. The fourth-order valence-electron chi connectivity index (χ4n) is 3.17. The maximum atomic E-state index is 5.68. The molecule has 0 nitrogen and oxygen atoms in total. The number of halogens is 1. The van der Waals surface area contributed by atoms with Crippen LogP contribution in [0.3, 0.4) is 0 Å². The maximum Gasteiger partial charge on any atom is 0.0223 e. The highest BCUT2D eigenvalue weighted by atomic mass is 35.5. The van der Waals surface area contributed by atoms with Crippen molar-refractivity contribution in [3.63, 3.8) is 0 Å². The Morgan fingerprint density at radius 2 is 0.591 bits per heavy atom. The largest absolute Gasteiger partial charge is 0.127 e. The molecular weight excluding hydrogens is 288 g/mol. The first-order valence-electron chi connectivity index (χ1n) is 10.5. The molecule has 22 heavy (non-hydrogen) atoms. The predicted molar refractivity (Wildman–Crippen MR) is 104 cm³/mol. The van der Waals surface area contributed by atoms with Gasteiger partial charge in [0, 0.05) is 5.88 Å². The van der Waals surface area contributed by atoms with Crippen molar-refractivity contribution in [2.75, 3.05) is 5.88 Å². The van der Waals surface area contributed by atoms with Crippen LogP contribution in [0.4, 0.5) is 0 Å². The monoisotopic (exact) mass is 330 g/mol. The average Bonchev–Trinajstić information content (AvgIpc) is 2.54. The fourth-order valence-corrected chi connectivity index (χ4v) is 3.36. The molecule has 0 N–H and O–H groups in total. The highest BCUT2D eigenvalue weighted by Crippen LogP contribution is 2.14. The first-order chi connectivity index (χ1) is 10.9. The number of alkyl halides is 1. The minimum atomic E-state index is 0.846. The van der Waals surface area contributed by atoms with Gasteiger partial charge in [0.2, 0.25) is 0 Å². The Kier molecular flexibility index (Phi) is 21.6. The maximum absolute atomic E-state index is 5.68. The lowest BCUT2D eigenvalue weighted by atomic mass is 10.0. The van der Waals surface area contributed by atoms with Gasteiger partial charge in [0.1, 0.15) is 0 Å². The zero-order valence-electron chi connectivity index (χ0n) is 15.5. The van der Waals surface area contributed by atoms with Crippen LogP contribution in [0.25, 0.3) is 0 Å². The Morgan fingerprint density at radius 1 is 0.364 bits per heavy atom. The van der Waals surface area contributed by atoms with E-state index >= 15 is 0 Å². The molecule has 0 aliphatic rings. The lowest BCUT2D eigenvalue weighted by molar-refractivity contribution is 0.524. The van der Waals surface area contributed by atoms with E-state index in [9.17, 15) is 0 Å². The van der Waals surface area contributed by atoms with Gasteiger partial charge in [-0.1, -0.05) is 122 Å². The number of hydrogen-bond acceptors (Lipinski definition) is 0. The van der Waals surface area contributed by atoms with E-state index in [1.165, 1.54) is 122 Å². The van der Waals surface area contributed by atoms with E-state index in [1.807, 2.05) is 0 Å². The van der Waals surface area contributed by atoms with Gasteiger partial charge in [-0.2, -0.15) is 0 Å². The second-order valence-electron chi connectivity index (χ2n) is 7.05. The Balaban J connectivity index is 2.91. The molecule has 0 saturated heterocycles. The highest BCUT2D eigenvalue weighted by Gasteiger charge is 1.94. The van der Waals surface area contributed by atoms with Crippen LogP contribution < -0.4 is 0 Å². The van der Waals surface area contributed by atoms with Crippen molar-refractivity contribution in [3.05, 3.63) is 0 Å². The second-order valence-corrected chi connectivity index (χ2v) is 7.43. The van der Waals surface area contributed by atoms with Crippen LogP contribution in [0.15, 0.2) is 0 Å². The van der Waals surface area contributed by atoms with E-state index < -0.39 is 0 Å². The Morgan fingerprint density at radius 3 is 0.818 bits per heavy atom. The molecule has 0 aliphatic carbocycles. The summed E-state index contributed by atoms with van der Waals surface area (Å²) >= 11 is 5.68. The normalized spacial score (nSPS) is 11.2. The summed E-state index contributed by atoms with van der Waals surface area (Å²) in [5.41, 5.74) is 0. The lowest BCUT2D eigenvalue weighted by Gasteiger charge is -2.03. The zero-order chi connectivity index (χ0) is 16.1. The molecule has 0 spiro atoms. The zero-order valence-corrected chi connectivity index (χ0v) is 16.3. The van der Waals surface area contributed by atoms with Gasteiger partial charge in [-0.3, -0.25) is 0 Å². The molecule has 0 radical (unpaired) electrons. The lowest BCUT2D eigenvalue weighted by Crippen LogP contribution is -1.84. The van der Waals surface area contributed by atoms with Crippen molar-refractivity contribution in [1.82, 2.24) is 0 Å². The first kappa shape index (κ1) is 22.3. The summed E-state index contributed by atoms with van der Waals surface area (Å²) in [6.45, 7) is 2.29. The standard InChI is InChI=1S/C21H43Cl/c1-2-3-4-5-6-7-8-9-10-11-12-13-14-15-16-17-18-19-20-21-22/h2-21H2,1H3. The highest BCUT2D eigenvalue weighted by molar-refractivity contribution is 6.17. The molecule has 0 atom stereocenters. The van der Waals surface area contributed by atoms with Gasteiger partial charge >= 0.3 is 0 Å². The molecular formula is C21H43Cl. The quantitative estimate of drug-likeness (QED) is 0.164. The molecule has 0 aliphatic heterocycles. The summed E-state index contributed by atoms with van der Waals surface area (Å²) in [5, 5.41) is 0. The summed E-state index contributed by atoms with van der Waals surface area (Å²) in [7, 11) is 0. The molecule has 0 fully saturated rings.